The van der Waals surface area contributed by atoms with Crippen molar-refractivity contribution >= 4 is 16.8 Å². The van der Waals surface area contributed by atoms with Crippen molar-refractivity contribution in [3.8, 4) is 11.8 Å². The molecule has 0 amide bonds. The molecular formula is C10H8ClNO2. The van der Waals surface area contributed by atoms with Gasteiger partial charge in [-0.1, -0.05) is 0 Å². The van der Waals surface area contributed by atoms with Crippen LogP contribution in [0.1, 0.15) is 21.5 Å². The lowest BCUT2D eigenvalue weighted by Crippen LogP contribution is -1.99. The van der Waals surface area contributed by atoms with E-state index in [0.29, 0.717) is 22.4 Å². The van der Waals surface area contributed by atoms with Gasteiger partial charge in [-0.15, -0.1) is 0 Å². The topological polar surface area (TPSA) is 50.1 Å². The lowest BCUT2D eigenvalue weighted by atomic mass is 10.1. The number of carbonyl (C=O) groups excluding carboxylic acids is 1. The van der Waals surface area contributed by atoms with E-state index in [2.05, 4.69) is 0 Å². The summed E-state index contributed by atoms with van der Waals surface area (Å²) < 4.78 is 4.97. The summed E-state index contributed by atoms with van der Waals surface area (Å²) in [4.78, 5) is 11.0. The van der Waals surface area contributed by atoms with E-state index in [1.165, 1.54) is 13.2 Å². The Kier molecular flexibility index (Phi) is 3.10. The first-order valence-corrected chi connectivity index (χ1v) is 4.26. The molecule has 0 bridgehead atoms. The van der Waals surface area contributed by atoms with E-state index < -0.39 is 5.24 Å². The quantitative estimate of drug-likeness (QED) is 0.702. The Morgan fingerprint density at radius 1 is 1.57 bits per heavy atom. The predicted octanol–water partition coefficient (Wildman–Crippen LogP) is 2.25. The molecule has 0 spiro atoms. The predicted molar refractivity (Wildman–Crippen MR) is 52.6 cm³/mol. The number of ether oxygens (including phenoxy) is 1. The zero-order valence-corrected chi connectivity index (χ0v) is 8.55. The van der Waals surface area contributed by atoms with E-state index >= 15 is 0 Å². The van der Waals surface area contributed by atoms with Gasteiger partial charge < -0.3 is 4.74 Å². The molecule has 1 rings (SSSR count). The Bertz CT molecular complexity index is 421. The molecule has 0 aromatic heterocycles. The first-order valence-electron chi connectivity index (χ1n) is 3.88. The highest BCUT2D eigenvalue weighted by Crippen LogP contribution is 2.25. The highest BCUT2D eigenvalue weighted by Gasteiger charge is 2.14. The number of benzene rings is 1. The normalized spacial score (nSPS) is 9.29. The van der Waals surface area contributed by atoms with Gasteiger partial charge in [-0.2, -0.15) is 5.26 Å². The van der Waals surface area contributed by atoms with Gasteiger partial charge in [0.2, 0.25) is 0 Å². The van der Waals surface area contributed by atoms with E-state index in [9.17, 15) is 4.79 Å². The van der Waals surface area contributed by atoms with Crippen molar-refractivity contribution in [3.05, 3.63) is 28.8 Å². The van der Waals surface area contributed by atoms with Crippen molar-refractivity contribution in [2.75, 3.05) is 7.11 Å². The molecule has 1 aromatic rings. The highest BCUT2D eigenvalue weighted by atomic mass is 35.5. The largest absolute Gasteiger partial charge is 0.496 e. The third-order valence-electron chi connectivity index (χ3n) is 1.84. The zero-order valence-electron chi connectivity index (χ0n) is 7.80. The first-order chi connectivity index (χ1) is 6.60. The Morgan fingerprint density at radius 3 is 2.64 bits per heavy atom. The van der Waals surface area contributed by atoms with E-state index in [-0.39, 0.29) is 0 Å². The number of aryl methyl sites for hydroxylation is 1. The number of nitriles is 1. The van der Waals surface area contributed by atoms with Crippen molar-refractivity contribution in [2.24, 2.45) is 0 Å². The molecule has 0 heterocycles. The maximum Gasteiger partial charge on any atom is 0.256 e. The molecule has 0 aliphatic carbocycles. The average molecular weight is 210 g/mol. The molecule has 4 heteroatoms. The fourth-order valence-corrected chi connectivity index (χ4v) is 1.47. The molecule has 0 unspecified atom stereocenters. The molecule has 0 N–H and O–H groups in total. The van der Waals surface area contributed by atoms with Crippen LogP contribution < -0.4 is 4.74 Å². The molecule has 0 aliphatic heterocycles. The molecule has 14 heavy (non-hydrogen) atoms. The summed E-state index contributed by atoms with van der Waals surface area (Å²) in [6, 6.07) is 5.06. The summed E-state index contributed by atoms with van der Waals surface area (Å²) in [7, 11) is 1.43. The Balaban J connectivity index is 3.44. The second kappa shape index (κ2) is 4.12. The number of carbonyl (C=O) groups is 1. The molecule has 0 saturated carbocycles. The van der Waals surface area contributed by atoms with Gasteiger partial charge in [0, 0.05) is 0 Å². The van der Waals surface area contributed by atoms with Crippen LogP contribution in [0.2, 0.25) is 0 Å². The minimum Gasteiger partial charge on any atom is -0.496 e. The van der Waals surface area contributed by atoms with Crippen molar-refractivity contribution in [3.63, 3.8) is 0 Å². The van der Waals surface area contributed by atoms with Crippen LogP contribution in [-0.2, 0) is 0 Å². The van der Waals surface area contributed by atoms with Crippen molar-refractivity contribution in [1.82, 2.24) is 0 Å². The van der Waals surface area contributed by atoms with Crippen molar-refractivity contribution < 1.29 is 9.53 Å². The van der Waals surface area contributed by atoms with Gasteiger partial charge in [0.1, 0.15) is 5.75 Å². The van der Waals surface area contributed by atoms with Gasteiger partial charge in [-0.25, -0.2) is 0 Å². The van der Waals surface area contributed by atoms with Gasteiger partial charge in [0.15, 0.2) is 0 Å². The van der Waals surface area contributed by atoms with Crippen LogP contribution >= 0.6 is 11.6 Å². The van der Waals surface area contributed by atoms with Gasteiger partial charge >= 0.3 is 0 Å². The Hall–Kier alpha value is -1.53. The standard InChI is InChI=1S/C10H8ClNO2/c1-6-3-7(5-12)4-8(14-2)9(6)10(11)13/h3-4H,1-2H3. The van der Waals surface area contributed by atoms with E-state index in [1.807, 2.05) is 6.07 Å². The number of halogens is 1. The van der Waals surface area contributed by atoms with E-state index in [1.54, 1.807) is 13.0 Å². The Labute approximate surface area is 86.9 Å². The van der Waals surface area contributed by atoms with E-state index in [0.717, 1.165) is 0 Å². The van der Waals surface area contributed by atoms with Gasteiger partial charge in [-0.05, 0) is 36.2 Å². The number of rotatable bonds is 2. The number of methoxy groups -OCH3 is 1. The average Bonchev–Trinajstić information content (AvgIpc) is 2.15. The molecule has 0 fully saturated rings. The van der Waals surface area contributed by atoms with Gasteiger partial charge in [-0.3, -0.25) is 4.79 Å². The summed E-state index contributed by atoms with van der Waals surface area (Å²) in [5.41, 5.74) is 1.40. The number of hydrogen-bond acceptors (Lipinski definition) is 3. The SMILES string of the molecule is COc1cc(C#N)cc(C)c1C(=O)Cl. The summed E-state index contributed by atoms with van der Waals surface area (Å²) in [6.45, 7) is 1.71. The van der Waals surface area contributed by atoms with Crippen LogP contribution in [0.15, 0.2) is 12.1 Å². The summed E-state index contributed by atoms with van der Waals surface area (Å²) >= 11 is 5.39. The van der Waals surface area contributed by atoms with E-state index in [4.69, 9.17) is 21.6 Å². The second-order valence-electron chi connectivity index (χ2n) is 2.76. The molecule has 0 saturated heterocycles. The lowest BCUT2D eigenvalue weighted by Gasteiger charge is -2.07. The number of nitrogens with zero attached hydrogens (tertiary/aromatic N) is 1. The minimum absolute atomic E-state index is 0.313. The third kappa shape index (κ3) is 1.86. The first kappa shape index (κ1) is 10.6. The van der Waals surface area contributed by atoms with Crippen molar-refractivity contribution in [2.45, 2.75) is 6.92 Å². The van der Waals surface area contributed by atoms with Crippen LogP contribution in [-0.4, -0.2) is 12.4 Å². The second-order valence-corrected chi connectivity index (χ2v) is 3.10. The van der Waals surface area contributed by atoms with Crippen molar-refractivity contribution in [1.29, 1.82) is 5.26 Å². The maximum atomic E-state index is 11.0. The Morgan fingerprint density at radius 2 is 2.21 bits per heavy atom. The smallest absolute Gasteiger partial charge is 0.256 e. The van der Waals surface area contributed by atoms with Crippen LogP contribution in [0.4, 0.5) is 0 Å². The zero-order chi connectivity index (χ0) is 10.7. The van der Waals surface area contributed by atoms with Gasteiger partial charge in [0.05, 0.1) is 24.3 Å². The maximum absolute atomic E-state index is 11.0. The summed E-state index contributed by atoms with van der Waals surface area (Å²) in [5.74, 6) is 0.335. The molecule has 0 atom stereocenters. The minimum atomic E-state index is -0.580. The third-order valence-corrected chi connectivity index (χ3v) is 2.03. The number of hydrogen-bond donors (Lipinski definition) is 0. The molecule has 0 radical (unpaired) electrons. The fourth-order valence-electron chi connectivity index (χ4n) is 1.23. The highest BCUT2D eigenvalue weighted by molar-refractivity contribution is 6.68. The fraction of sp³-hybridized carbons (Fsp3) is 0.200. The van der Waals surface area contributed by atoms with Gasteiger partial charge in [0.25, 0.3) is 5.24 Å². The summed E-state index contributed by atoms with van der Waals surface area (Å²) in [6.07, 6.45) is 0. The molecule has 0 aliphatic rings. The summed E-state index contributed by atoms with van der Waals surface area (Å²) in [5, 5.41) is 8.11. The molecule has 72 valence electrons. The molecule has 1 aromatic carbocycles. The molecular weight excluding hydrogens is 202 g/mol. The molecule has 3 nitrogen and oxygen atoms in total. The lowest BCUT2D eigenvalue weighted by molar-refractivity contribution is 0.107. The van der Waals surface area contributed by atoms with Crippen LogP contribution in [0.3, 0.4) is 0 Å². The monoisotopic (exact) mass is 209 g/mol. The van der Waals surface area contributed by atoms with Crippen LogP contribution in [0.5, 0.6) is 5.75 Å². The van der Waals surface area contributed by atoms with Crippen LogP contribution in [0.25, 0.3) is 0 Å². The van der Waals surface area contributed by atoms with Crippen LogP contribution in [0, 0.1) is 18.3 Å².